The van der Waals surface area contributed by atoms with E-state index in [9.17, 15) is 9.59 Å². The lowest BCUT2D eigenvalue weighted by Crippen LogP contribution is -2.54. The van der Waals surface area contributed by atoms with Gasteiger partial charge in [0.15, 0.2) is 0 Å². The molecule has 1 unspecified atom stereocenters. The maximum Gasteiger partial charge on any atom is 0.245 e. The summed E-state index contributed by atoms with van der Waals surface area (Å²) < 4.78 is 0. The second-order valence-corrected chi connectivity index (χ2v) is 6.27. The first kappa shape index (κ1) is 16.5. The summed E-state index contributed by atoms with van der Waals surface area (Å²) in [6, 6.07) is 6.88. The average molecular weight is 325 g/mol. The highest BCUT2D eigenvalue weighted by Crippen LogP contribution is 2.28. The van der Waals surface area contributed by atoms with E-state index in [4.69, 9.17) is 6.42 Å². The summed E-state index contributed by atoms with van der Waals surface area (Å²) >= 11 is 0. The second-order valence-electron chi connectivity index (χ2n) is 6.27. The van der Waals surface area contributed by atoms with Crippen LogP contribution in [-0.2, 0) is 9.59 Å². The number of terminal acetylenes is 1. The van der Waals surface area contributed by atoms with Gasteiger partial charge in [0.25, 0.3) is 0 Å². The quantitative estimate of drug-likeness (QED) is 0.788. The van der Waals surface area contributed by atoms with Crippen molar-refractivity contribution in [3.63, 3.8) is 0 Å². The molecule has 5 nitrogen and oxygen atoms in total. The fourth-order valence-corrected chi connectivity index (χ4v) is 3.45. The number of carbonyl (C=O) groups excluding carboxylic acids is 2. The maximum absolute atomic E-state index is 12.9. The molecule has 1 aromatic rings. The van der Waals surface area contributed by atoms with Gasteiger partial charge in [-0.3, -0.25) is 14.5 Å². The highest BCUT2D eigenvalue weighted by atomic mass is 16.2. The predicted octanol–water partition coefficient (Wildman–Crippen LogP) is 1.33. The molecule has 0 bridgehead atoms. The highest BCUT2D eigenvalue weighted by molar-refractivity contribution is 6.03. The summed E-state index contributed by atoms with van der Waals surface area (Å²) in [6.45, 7) is 6.42. The van der Waals surface area contributed by atoms with Gasteiger partial charge in [0, 0.05) is 43.9 Å². The molecule has 2 heterocycles. The van der Waals surface area contributed by atoms with Crippen molar-refractivity contribution in [1.82, 2.24) is 9.80 Å². The van der Waals surface area contributed by atoms with Crippen LogP contribution in [0.25, 0.3) is 0 Å². The lowest BCUT2D eigenvalue weighted by molar-refractivity contribution is -0.134. The molecule has 126 valence electrons. The summed E-state index contributed by atoms with van der Waals surface area (Å²) in [7, 11) is 0. The number of amides is 2. The monoisotopic (exact) mass is 325 g/mol. The number of nitrogens with zero attached hydrogens (tertiary/aromatic N) is 3. The number of hydrogen-bond acceptors (Lipinski definition) is 3. The van der Waals surface area contributed by atoms with Gasteiger partial charge >= 0.3 is 0 Å². The number of carbonyl (C=O) groups is 2. The van der Waals surface area contributed by atoms with Gasteiger partial charge in [-0.25, -0.2) is 0 Å². The predicted molar refractivity (Wildman–Crippen MR) is 93.6 cm³/mol. The number of piperazine rings is 1. The number of likely N-dealkylation sites (N-methyl/N-ethyl adjacent to an activating group) is 1. The standard InChI is InChI=1S/C19H23N3O2/c1-3-15-5-7-16(8-6-15)22-17(9-10-18(22)23)19(24)21-13-11-20(4-2)12-14-21/h1,5-8,17H,4,9-14H2,2H3. The number of hydrogen-bond donors (Lipinski definition) is 0. The van der Waals surface area contributed by atoms with E-state index in [1.54, 1.807) is 4.90 Å². The van der Waals surface area contributed by atoms with Crippen molar-refractivity contribution in [2.45, 2.75) is 25.8 Å². The Kier molecular flexibility index (Phi) is 4.86. The van der Waals surface area contributed by atoms with Crippen molar-refractivity contribution in [2.75, 3.05) is 37.6 Å². The summed E-state index contributed by atoms with van der Waals surface area (Å²) in [5, 5.41) is 0. The van der Waals surface area contributed by atoms with E-state index in [0.717, 1.165) is 44.0 Å². The van der Waals surface area contributed by atoms with Gasteiger partial charge in [0.1, 0.15) is 6.04 Å². The zero-order valence-electron chi connectivity index (χ0n) is 14.1. The zero-order chi connectivity index (χ0) is 17.1. The van der Waals surface area contributed by atoms with Crippen LogP contribution in [0.15, 0.2) is 24.3 Å². The first-order valence-corrected chi connectivity index (χ1v) is 8.54. The zero-order valence-corrected chi connectivity index (χ0v) is 14.1. The SMILES string of the molecule is C#Cc1ccc(N2C(=O)CCC2C(=O)N2CCN(CC)CC2)cc1. The van der Waals surface area contributed by atoms with Crippen LogP contribution in [-0.4, -0.2) is 60.4 Å². The minimum absolute atomic E-state index is 0.00834. The topological polar surface area (TPSA) is 43.9 Å². The van der Waals surface area contributed by atoms with E-state index < -0.39 is 0 Å². The maximum atomic E-state index is 12.9. The van der Waals surface area contributed by atoms with Gasteiger partial charge in [-0.05, 0) is 37.2 Å². The molecule has 5 heteroatoms. The van der Waals surface area contributed by atoms with Gasteiger partial charge in [-0.15, -0.1) is 6.42 Å². The van der Waals surface area contributed by atoms with E-state index in [1.165, 1.54) is 0 Å². The highest BCUT2D eigenvalue weighted by Gasteiger charge is 2.39. The number of rotatable bonds is 3. The Morgan fingerprint density at radius 3 is 2.46 bits per heavy atom. The Bertz CT molecular complexity index is 654. The minimum atomic E-state index is -0.387. The van der Waals surface area contributed by atoms with Crippen molar-refractivity contribution in [3.05, 3.63) is 29.8 Å². The van der Waals surface area contributed by atoms with Crippen LogP contribution >= 0.6 is 0 Å². The first-order chi connectivity index (χ1) is 11.6. The molecule has 2 saturated heterocycles. The van der Waals surface area contributed by atoms with E-state index in [2.05, 4.69) is 17.7 Å². The van der Waals surface area contributed by atoms with Gasteiger partial charge < -0.3 is 9.80 Å². The van der Waals surface area contributed by atoms with Crippen LogP contribution in [0.3, 0.4) is 0 Å². The van der Waals surface area contributed by atoms with Crippen molar-refractivity contribution in [1.29, 1.82) is 0 Å². The van der Waals surface area contributed by atoms with E-state index in [1.807, 2.05) is 29.2 Å². The molecule has 2 aliphatic rings. The summed E-state index contributed by atoms with van der Waals surface area (Å²) in [5.41, 5.74) is 1.52. The molecule has 1 aromatic carbocycles. The van der Waals surface area contributed by atoms with Crippen molar-refractivity contribution in [3.8, 4) is 12.3 Å². The molecule has 3 rings (SSSR count). The van der Waals surface area contributed by atoms with Crippen LogP contribution in [0.1, 0.15) is 25.3 Å². The molecule has 2 aliphatic heterocycles. The molecule has 24 heavy (non-hydrogen) atoms. The molecule has 1 atom stereocenters. The van der Waals surface area contributed by atoms with Gasteiger partial charge in [-0.2, -0.15) is 0 Å². The molecule has 0 spiro atoms. The Balaban J connectivity index is 1.75. The normalized spacial score (nSPS) is 21.8. The van der Waals surface area contributed by atoms with E-state index in [0.29, 0.717) is 12.8 Å². The Morgan fingerprint density at radius 1 is 1.21 bits per heavy atom. The largest absolute Gasteiger partial charge is 0.338 e. The smallest absolute Gasteiger partial charge is 0.245 e. The molecular weight excluding hydrogens is 302 g/mol. The third-order valence-corrected chi connectivity index (χ3v) is 4.94. The van der Waals surface area contributed by atoms with Crippen LogP contribution in [0.4, 0.5) is 5.69 Å². The van der Waals surface area contributed by atoms with Crippen LogP contribution in [0.5, 0.6) is 0 Å². The molecule has 2 amide bonds. The third-order valence-electron chi connectivity index (χ3n) is 4.94. The number of benzene rings is 1. The third kappa shape index (κ3) is 3.15. The van der Waals surface area contributed by atoms with Crippen molar-refractivity contribution < 1.29 is 9.59 Å². The Hall–Kier alpha value is -2.32. The van der Waals surface area contributed by atoms with Crippen LogP contribution in [0, 0.1) is 12.3 Å². The van der Waals surface area contributed by atoms with Crippen LogP contribution < -0.4 is 4.90 Å². The molecule has 0 N–H and O–H groups in total. The van der Waals surface area contributed by atoms with Crippen molar-refractivity contribution >= 4 is 17.5 Å². The first-order valence-electron chi connectivity index (χ1n) is 8.54. The van der Waals surface area contributed by atoms with Gasteiger partial charge in [0.05, 0.1) is 0 Å². The second kappa shape index (κ2) is 7.06. The Labute approximate surface area is 143 Å². The van der Waals surface area contributed by atoms with Gasteiger partial charge in [0.2, 0.25) is 11.8 Å². The number of anilines is 1. The molecule has 2 fully saturated rings. The molecule has 0 aromatic heterocycles. The fraction of sp³-hybridized carbons (Fsp3) is 0.474. The lowest BCUT2D eigenvalue weighted by atomic mass is 10.1. The average Bonchev–Trinajstić information content (AvgIpc) is 3.02. The minimum Gasteiger partial charge on any atom is -0.338 e. The van der Waals surface area contributed by atoms with E-state index >= 15 is 0 Å². The molecule has 0 aliphatic carbocycles. The molecule has 0 saturated carbocycles. The molecular formula is C19H23N3O2. The summed E-state index contributed by atoms with van der Waals surface area (Å²) in [4.78, 5) is 31.1. The summed E-state index contributed by atoms with van der Waals surface area (Å²) in [6.07, 6.45) is 6.39. The van der Waals surface area contributed by atoms with Crippen molar-refractivity contribution in [2.24, 2.45) is 0 Å². The lowest BCUT2D eigenvalue weighted by Gasteiger charge is -2.36. The van der Waals surface area contributed by atoms with Gasteiger partial charge in [-0.1, -0.05) is 12.8 Å². The Morgan fingerprint density at radius 2 is 1.88 bits per heavy atom. The van der Waals surface area contributed by atoms with E-state index in [-0.39, 0.29) is 17.9 Å². The summed E-state index contributed by atoms with van der Waals surface area (Å²) in [5.74, 6) is 2.64. The fourth-order valence-electron chi connectivity index (χ4n) is 3.45. The molecule has 0 radical (unpaired) electrons. The van der Waals surface area contributed by atoms with Crippen LogP contribution in [0.2, 0.25) is 0 Å².